The molecule has 1 rings (SSSR count). The lowest BCUT2D eigenvalue weighted by molar-refractivity contribution is 0.552. The van der Waals surface area contributed by atoms with Crippen LogP contribution in [0.4, 0.5) is 0 Å². The third-order valence-corrected chi connectivity index (χ3v) is 4.08. The summed E-state index contributed by atoms with van der Waals surface area (Å²) in [5.41, 5.74) is 2.89. The number of unbranched alkanes of at least 4 members (excludes halogenated alkanes) is 1. The van der Waals surface area contributed by atoms with E-state index < -0.39 is 0 Å². The Morgan fingerprint density at radius 1 is 1.37 bits per heavy atom. The maximum atomic E-state index is 4.31. The molecule has 1 aliphatic carbocycles. The van der Waals surface area contributed by atoms with Gasteiger partial charge in [0.05, 0.1) is 0 Å². The van der Waals surface area contributed by atoms with Gasteiger partial charge in [-0.2, -0.15) is 0 Å². The summed E-state index contributed by atoms with van der Waals surface area (Å²) < 4.78 is 0. The summed E-state index contributed by atoms with van der Waals surface area (Å²) in [5, 5.41) is 0. The van der Waals surface area contributed by atoms with E-state index in [2.05, 4.69) is 50.9 Å². The van der Waals surface area contributed by atoms with Gasteiger partial charge in [0.25, 0.3) is 0 Å². The SMILES string of the molecule is C/N=C(/C=C\CCCC1C=C(C(C)C)CC1)C(C)C. The third kappa shape index (κ3) is 5.76. The lowest BCUT2D eigenvalue weighted by atomic mass is 10.0. The zero-order chi connectivity index (χ0) is 14.3. The van der Waals surface area contributed by atoms with Crippen LogP contribution in [0.25, 0.3) is 0 Å². The van der Waals surface area contributed by atoms with Gasteiger partial charge in [-0.1, -0.05) is 45.4 Å². The summed E-state index contributed by atoms with van der Waals surface area (Å²) in [6, 6.07) is 0. The van der Waals surface area contributed by atoms with Crippen LogP contribution in [-0.4, -0.2) is 12.8 Å². The Labute approximate surface area is 119 Å². The van der Waals surface area contributed by atoms with Gasteiger partial charge < -0.3 is 0 Å². The molecule has 1 atom stereocenters. The van der Waals surface area contributed by atoms with Crippen molar-refractivity contribution in [3.63, 3.8) is 0 Å². The molecule has 1 aliphatic rings. The van der Waals surface area contributed by atoms with E-state index in [1.807, 2.05) is 7.05 Å². The van der Waals surface area contributed by atoms with Crippen LogP contribution in [0, 0.1) is 17.8 Å². The van der Waals surface area contributed by atoms with Gasteiger partial charge in [-0.3, -0.25) is 4.99 Å². The molecule has 0 bridgehead atoms. The minimum absolute atomic E-state index is 0.535. The fourth-order valence-corrected chi connectivity index (χ4v) is 2.76. The van der Waals surface area contributed by atoms with E-state index in [1.54, 1.807) is 5.57 Å². The maximum Gasteiger partial charge on any atom is 0.0367 e. The van der Waals surface area contributed by atoms with Crippen LogP contribution >= 0.6 is 0 Å². The van der Waals surface area contributed by atoms with Crippen molar-refractivity contribution in [2.75, 3.05) is 7.05 Å². The predicted molar refractivity (Wildman–Crippen MR) is 86.8 cm³/mol. The average Bonchev–Trinajstić information content (AvgIpc) is 2.82. The van der Waals surface area contributed by atoms with Crippen LogP contribution in [0.2, 0.25) is 0 Å². The van der Waals surface area contributed by atoms with Gasteiger partial charge in [-0.15, -0.1) is 0 Å². The van der Waals surface area contributed by atoms with Crippen molar-refractivity contribution < 1.29 is 0 Å². The zero-order valence-corrected chi connectivity index (χ0v) is 13.4. The summed E-state index contributed by atoms with van der Waals surface area (Å²) in [5.74, 6) is 2.13. The van der Waals surface area contributed by atoms with E-state index in [1.165, 1.54) is 37.8 Å². The summed E-state index contributed by atoms with van der Waals surface area (Å²) in [6.45, 7) is 9.02. The molecule has 0 N–H and O–H groups in total. The summed E-state index contributed by atoms with van der Waals surface area (Å²) >= 11 is 0. The highest BCUT2D eigenvalue weighted by Crippen LogP contribution is 2.31. The molecule has 0 amide bonds. The smallest absolute Gasteiger partial charge is 0.0367 e. The molecule has 0 fully saturated rings. The first-order valence-corrected chi connectivity index (χ1v) is 7.88. The van der Waals surface area contributed by atoms with Crippen molar-refractivity contribution in [2.24, 2.45) is 22.7 Å². The first-order chi connectivity index (χ1) is 9.04. The second kappa shape index (κ2) is 8.35. The summed E-state index contributed by atoms with van der Waals surface area (Å²) in [7, 11) is 1.89. The van der Waals surface area contributed by atoms with E-state index in [0.29, 0.717) is 5.92 Å². The minimum Gasteiger partial charge on any atom is -0.293 e. The fourth-order valence-electron chi connectivity index (χ4n) is 2.76. The Morgan fingerprint density at radius 3 is 2.63 bits per heavy atom. The number of hydrogen-bond acceptors (Lipinski definition) is 1. The lowest BCUT2D eigenvalue weighted by Crippen LogP contribution is -2.03. The van der Waals surface area contributed by atoms with Gasteiger partial charge in [-0.05, 0) is 55.9 Å². The molecular weight excluding hydrogens is 230 g/mol. The number of nitrogens with zero attached hydrogens (tertiary/aromatic N) is 1. The highest BCUT2D eigenvalue weighted by atomic mass is 14.7. The molecule has 0 heterocycles. The number of hydrogen-bond donors (Lipinski definition) is 0. The highest BCUT2D eigenvalue weighted by Gasteiger charge is 2.16. The van der Waals surface area contributed by atoms with Crippen LogP contribution in [0.1, 0.15) is 59.8 Å². The molecule has 0 aromatic rings. The van der Waals surface area contributed by atoms with E-state index >= 15 is 0 Å². The van der Waals surface area contributed by atoms with Gasteiger partial charge in [-0.25, -0.2) is 0 Å². The summed E-state index contributed by atoms with van der Waals surface area (Å²) in [6.07, 6.45) is 13.6. The second-order valence-electron chi connectivity index (χ2n) is 6.33. The van der Waals surface area contributed by atoms with Crippen molar-refractivity contribution in [1.29, 1.82) is 0 Å². The molecule has 1 heteroatoms. The minimum atomic E-state index is 0.535. The normalized spacial score (nSPS) is 20.9. The average molecular weight is 261 g/mol. The van der Waals surface area contributed by atoms with E-state index in [0.717, 1.165) is 11.8 Å². The monoisotopic (exact) mass is 261 g/mol. The standard InChI is InChI=1S/C18H31N/c1-14(2)17-12-11-16(13-17)9-7-6-8-10-18(19-5)15(3)4/h8,10,13-16H,6-7,9,11-12H2,1-5H3/b10-8-,19-18-. The van der Waals surface area contributed by atoms with Gasteiger partial charge in [0.15, 0.2) is 0 Å². The highest BCUT2D eigenvalue weighted by molar-refractivity contribution is 5.96. The second-order valence-corrected chi connectivity index (χ2v) is 6.33. The van der Waals surface area contributed by atoms with Crippen molar-refractivity contribution >= 4 is 5.71 Å². The van der Waals surface area contributed by atoms with Crippen LogP contribution < -0.4 is 0 Å². The summed E-state index contributed by atoms with van der Waals surface area (Å²) in [4.78, 5) is 4.31. The number of allylic oxidation sites excluding steroid dienone is 4. The lowest BCUT2D eigenvalue weighted by Gasteiger charge is -2.06. The molecule has 0 aromatic heterocycles. The van der Waals surface area contributed by atoms with Gasteiger partial charge in [0.1, 0.15) is 0 Å². The van der Waals surface area contributed by atoms with Gasteiger partial charge in [0.2, 0.25) is 0 Å². The molecular formula is C18H31N. The predicted octanol–water partition coefficient (Wildman–Crippen LogP) is 5.43. The fraction of sp³-hybridized carbons (Fsp3) is 0.722. The first-order valence-electron chi connectivity index (χ1n) is 7.88. The van der Waals surface area contributed by atoms with Crippen molar-refractivity contribution in [2.45, 2.75) is 59.8 Å². The first kappa shape index (κ1) is 16.2. The van der Waals surface area contributed by atoms with E-state index in [4.69, 9.17) is 0 Å². The molecule has 0 radical (unpaired) electrons. The molecule has 0 aliphatic heterocycles. The van der Waals surface area contributed by atoms with Gasteiger partial charge in [0, 0.05) is 12.8 Å². The van der Waals surface area contributed by atoms with Crippen molar-refractivity contribution in [3.8, 4) is 0 Å². The number of aliphatic imine (C=N–C) groups is 1. The largest absolute Gasteiger partial charge is 0.293 e. The molecule has 1 unspecified atom stereocenters. The Morgan fingerprint density at radius 2 is 2.11 bits per heavy atom. The number of rotatable bonds is 7. The van der Waals surface area contributed by atoms with E-state index in [9.17, 15) is 0 Å². The van der Waals surface area contributed by atoms with Crippen LogP contribution in [-0.2, 0) is 0 Å². The molecule has 0 aromatic carbocycles. The van der Waals surface area contributed by atoms with Crippen LogP contribution in [0.5, 0.6) is 0 Å². The van der Waals surface area contributed by atoms with Gasteiger partial charge >= 0.3 is 0 Å². The van der Waals surface area contributed by atoms with E-state index in [-0.39, 0.29) is 0 Å². The molecule has 1 nitrogen and oxygen atoms in total. The molecule has 0 saturated carbocycles. The van der Waals surface area contributed by atoms with Crippen molar-refractivity contribution in [1.82, 2.24) is 0 Å². The Hall–Kier alpha value is -0.850. The third-order valence-electron chi connectivity index (χ3n) is 4.08. The quantitative estimate of drug-likeness (QED) is 0.329. The Balaban J connectivity index is 2.24. The Bertz CT molecular complexity index is 345. The zero-order valence-electron chi connectivity index (χ0n) is 13.4. The topological polar surface area (TPSA) is 12.4 Å². The maximum absolute atomic E-state index is 4.31. The molecule has 0 saturated heterocycles. The van der Waals surface area contributed by atoms with Crippen LogP contribution in [0.15, 0.2) is 28.8 Å². The Kier molecular flexibility index (Phi) is 7.12. The molecule has 0 spiro atoms. The molecule has 108 valence electrons. The molecule has 19 heavy (non-hydrogen) atoms. The van der Waals surface area contributed by atoms with Crippen LogP contribution in [0.3, 0.4) is 0 Å². The van der Waals surface area contributed by atoms with Crippen molar-refractivity contribution in [3.05, 3.63) is 23.8 Å².